The fraction of sp³-hybridized carbons (Fsp3) is 0.105. The van der Waals surface area contributed by atoms with E-state index in [-0.39, 0.29) is 5.91 Å². The summed E-state index contributed by atoms with van der Waals surface area (Å²) in [6, 6.07) is 17.2. The summed E-state index contributed by atoms with van der Waals surface area (Å²) in [4.78, 5) is 12.2. The number of rotatable bonds is 5. The minimum atomic E-state index is -0.0524. The van der Waals surface area contributed by atoms with E-state index in [1.165, 1.54) is 5.56 Å². The van der Waals surface area contributed by atoms with Crippen LogP contribution in [0.5, 0.6) is 11.5 Å². The van der Waals surface area contributed by atoms with Gasteiger partial charge in [-0.25, -0.2) is 0 Å². The van der Waals surface area contributed by atoms with E-state index in [0.717, 1.165) is 11.3 Å². The summed E-state index contributed by atoms with van der Waals surface area (Å²) in [5, 5.41) is 6.87. The average Bonchev–Trinajstić information content (AvgIpc) is 3.04. The van der Waals surface area contributed by atoms with Gasteiger partial charge in [0.2, 0.25) is 5.91 Å². The standard InChI is InChI=1S/C19H17NO2S/c1-14-6-8-16(9-7-14)22-18-5-3-2-4-17(18)20-19(21)12-15-10-11-23-13-15/h2-11,13H,12H2,1H3,(H,20,21). The quantitative estimate of drug-likeness (QED) is 0.715. The van der Waals surface area contributed by atoms with Crippen molar-refractivity contribution in [3.8, 4) is 11.5 Å². The first-order chi connectivity index (χ1) is 11.2. The van der Waals surface area contributed by atoms with Crippen molar-refractivity contribution in [2.45, 2.75) is 13.3 Å². The van der Waals surface area contributed by atoms with Gasteiger partial charge < -0.3 is 10.1 Å². The van der Waals surface area contributed by atoms with Crippen LogP contribution in [0.2, 0.25) is 0 Å². The number of aryl methyl sites for hydroxylation is 1. The number of amides is 1. The summed E-state index contributed by atoms with van der Waals surface area (Å²) in [7, 11) is 0. The number of hydrogen-bond donors (Lipinski definition) is 1. The fourth-order valence-corrected chi connectivity index (χ4v) is 2.83. The molecule has 0 saturated heterocycles. The Labute approximate surface area is 139 Å². The van der Waals surface area contributed by atoms with Crippen LogP contribution in [0, 0.1) is 6.92 Å². The molecule has 4 heteroatoms. The fourth-order valence-electron chi connectivity index (χ4n) is 2.17. The van der Waals surface area contributed by atoms with Crippen molar-refractivity contribution in [1.29, 1.82) is 0 Å². The molecule has 1 heterocycles. The zero-order valence-corrected chi connectivity index (χ0v) is 13.6. The third kappa shape index (κ3) is 4.20. The van der Waals surface area contributed by atoms with Gasteiger partial charge in [-0.05, 0) is 53.6 Å². The normalized spacial score (nSPS) is 10.3. The van der Waals surface area contributed by atoms with Gasteiger partial charge in [-0.1, -0.05) is 29.8 Å². The van der Waals surface area contributed by atoms with Crippen LogP contribution in [0.15, 0.2) is 65.4 Å². The molecule has 0 aliphatic rings. The molecule has 0 radical (unpaired) electrons. The van der Waals surface area contributed by atoms with E-state index in [0.29, 0.717) is 17.9 Å². The van der Waals surface area contributed by atoms with Crippen LogP contribution < -0.4 is 10.1 Å². The lowest BCUT2D eigenvalue weighted by atomic mass is 10.2. The molecule has 0 bridgehead atoms. The Hall–Kier alpha value is -2.59. The highest BCUT2D eigenvalue weighted by Crippen LogP contribution is 2.29. The second-order valence-electron chi connectivity index (χ2n) is 5.27. The number of ether oxygens (including phenoxy) is 1. The number of anilines is 1. The second-order valence-corrected chi connectivity index (χ2v) is 6.05. The SMILES string of the molecule is Cc1ccc(Oc2ccccc2NC(=O)Cc2ccsc2)cc1. The number of hydrogen-bond acceptors (Lipinski definition) is 3. The van der Waals surface area contributed by atoms with Gasteiger partial charge in [0.05, 0.1) is 12.1 Å². The molecule has 0 unspecified atom stereocenters. The van der Waals surface area contributed by atoms with E-state index in [1.807, 2.05) is 72.3 Å². The third-order valence-electron chi connectivity index (χ3n) is 3.35. The van der Waals surface area contributed by atoms with E-state index in [1.54, 1.807) is 11.3 Å². The molecule has 3 nitrogen and oxygen atoms in total. The van der Waals surface area contributed by atoms with Crippen molar-refractivity contribution in [2.24, 2.45) is 0 Å². The van der Waals surface area contributed by atoms with Crippen LogP contribution in [0.25, 0.3) is 0 Å². The Morgan fingerprint density at radius 1 is 1.09 bits per heavy atom. The molecule has 1 aromatic heterocycles. The first-order valence-electron chi connectivity index (χ1n) is 7.35. The zero-order valence-electron chi connectivity index (χ0n) is 12.8. The van der Waals surface area contributed by atoms with Crippen LogP contribution in [-0.2, 0) is 11.2 Å². The molecular formula is C19H17NO2S. The molecular weight excluding hydrogens is 306 g/mol. The highest BCUT2D eigenvalue weighted by molar-refractivity contribution is 7.08. The zero-order chi connectivity index (χ0) is 16.1. The molecule has 3 aromatic rings. The van der Waals surface area contributed by atoms with E-state index < -0.39 is 0 Å². The molecule has 116 valence electrons. The lowest BCUT2D eigenvalue weighted by molar-refractivity contribution is -0.115. The summed E-state index contributed by atoms with van der Waals surface area (Å²) in [5.74, 6) is 1.33. The lowest BCUT2D eigenvalue weighted by Crippen LogP contribution is -2.14. The lowest BCUT2D eigenvalue weighted by Gasteiger charge is -2.12. The molecule has 0 spiro atoms. The number of para-hydroxylation sites is 2. The topological polar surface area (TPSA) is 38.3 Å². The van der Waals surface area contributed by atoms with Gasteiger partial charge in [0.15, 0.2) is 5.75 Å². The maximum absolute atomic E-state index is 12.2. The Morgan fingerprint density at radius 3 is 2.61 bits per heavy atom. The predicted molar refractivity (Wildman–Crippen MR) is 94.3 cm³/mol. The summed E-state index contributed by atoms with van der Waals surface area (Å²) >= 11 is 1.59. The first-order valence-corrected chi connectivity index (χ1v) is 8.29. The van der Waals surface area contributed by atoms with Crippen molar-refractivity contribution in [1.82, 2.24) is 0 Å². The molecule has 2 aromatic carbocycles. The van der Waals surface area contributed by atoms with Gasteiger partial charge in [-0.2, -0.15) is 11.3 Å². The Balaban J connectivity index is 1.72. The number of benzene rings is 2. The summed E-state index contributed by atoms with van der Waals surface area (Å²) in [6.07, 6.45) is 0.363. The van der Waals surface area contributed by atoms with Crippen LogP contribution in [0.3, 0.4) is 0 Å². The molecule has 0 atom stereocenters. The van der Waals surface area contributed by atoms with E-state index in [9.17, 15) is 4.79 Å². The van der Waals surface area contributed by atoms with Crippen LogP contribution in [-0.4, -0.2) is 5.91 Å². The molecule has 1 N–H and O–H groups in total. The smallest absolute Gasteiger partial charge is 0.228 e. The number of nitrogens with one attached hydrogen (secondary N) is 1. The van der Waals surface area contributed by atoms with E-state index in [2.05, 4.69) is 5.32 Å². The van der Waals surface area contributed by atoms with Crippen LogP contribution in [0.4, 0.5) is 5.69 Å². The van der Waals surface area contributed by atoms with Gasteiger partial charge in [-0.3, -0.25) is 4.79 Å². The minimum absolute atomic E-state index is 0.0524. The Kier molecular flexibility index (Phi) is 4.74. The molecule has 23 heavy (non-hydrogen) atoms. The van der Waals surface area contributed by atoms with Gasteiger partial charge in [0.25, 0.3) is 0 Å². The highest BCUT2D eigenvalue weighted by Gasteiger charge is 2.09. The first kappa shape index (κ1) is 15.3. The van der Waals surface area contributed by atoms with E-state index in [4.69, 9.17) is 4.74 Å². The van der Waals surface area contributed by atoms with Gasteiger partial charge in [0, 0.05) is 0 Å². The molecule has 3 rings (SSSR count). The van der Waals surface area contributed by atoms with Crippen molar-refractivity contribution in [2.75, 3.05) is 5.32 Å². The van der Waals surface area contributed by atoms with Crippen molar-refractivity contribution in [3.05, 3.63) is 76.5 Å². The maximum atomic E-state index is 12.2. The van der Waals surface area contributed by atoms with Crippen molar-refractivity contribution < 1.29 is 9.53 Å². The predicted octanol–water partition coefficient (Wildman–Crippen LogP) is 5.03. The summed E-state index contributed by atoms with van der Waals surface area (Å²) in [5.41, 5.74) is 2.87. The minimum Gasteiger partial charge on any atom is -0.455 e. The number of carbonyl (C=O) groups is 1. The Bertz CT molecular complexity index is 779. The molecule has 1 amide bonds. The monoisotopic (exact) mass is 323 g/mol. The van der Waals surface area contributed by atoms with Gasteiger partial charge >= 0.3 is 0 Å². The van der Waals surface area contributed by atoms with E-state index >= 15 is 0 Å². The van der Waals surface area contributed by atoms with Crippen molar-refractivity contribution >= 4 is 22.9 Å². The summed E-state index contributed by atoms with van der Waals surface area (Å²) in [6.45, 7) is 2.03. The second kappa shape index (κ2) is 7.11. The highest BCUT2D eigenvalue weighted by atomic mass is 32.1. The van der Waals surface area contributed by atoms with Crippen LogP contribution >= 0.6 is 11.3 Å². The molecule has 0 fully saturated rings. The number of thiophene rings is 1. The third-order valence-corrected chi connectivity index (χ3v) is 4.09. The summed E-state index contributed by atoms with van der Waals surface area (Å²) < 4.78 is 5.89. The van der Waals surface area contributed by atoms with Gasteiger partial charge in [-0.15, -0.1) is 0 Å². The molecule has 0 saturated carbocycles. The van der Waals surface area contributed by atoms with Crippen molar-refractivity contribution in [3.63, 3.8) is 0 Å². The molecule has 0 aliphatic carbocycles. The number of carbonyl (C=O) groups excluding carboxylic acids is 1. The largest absolute Gasteiger partial charge is 0.455 e. The maximum Gasteiger partial charge on any atom is 0.228 e. The average molecular weight is 323 g/mol. The Morgan fingerprint density at radius 2 is 1.87 bits per heavy atom. The van der Waals surface area contributed by atoms with Crippen LogP contribution in [0.1, 0.15) is 11.1 Å². The van der Waals surface area contributed by atoms with Gasteiger partial charge in [0.1, 0.15) is 5.75 Å². The molecule has 0 aliphatic heterocycles.